The van der Waals surface area contributed by atoms with Crippen LogP contribution >= 0.6 is 11.3 Å². The lowest BCUT2D eigenvalue weighted by Crippen LogP contribution is -2.45. The molecule has 7 heteroatoms. The van der Waals surface area contributed by atoms with Crippen molar-refractivity contribution in [2.75, 3.05) is 6.54 Å². The lowest BCUT2D eigenvalue weighted by atomic mass is 9.87. The van der Waals surface area contributed by atoms with Crippen molar-refractivity contribution in [1.82, 2.24) is 14.5 Å². The van der Waals surface area contributed by atoms with Gasteiger partial charge in [-0.3, -0.25) is 9.59 Å². The van der Waals surface area contributed by atoms with E-state index < -0.39 is 11.9 Å². The van der Waals surface area contributed by atoms with E-state index in [1.54, 1.807) is 11.1 Å². The highest BCUT2D eigenvalue weighted by molar-refractivity contribution is 7.10. The summed E-state index contributed by atoms with van der Waals surface area (Å²) in [4.78, 5) is 31.0. The lowest BCUT2D eigenvalue weighted by Gasteiger charge is -2.39. The molecule has 0 spiro atoms. The topological polar surface area (TPSA) is 75.4 Å². The predicted octanol–water partition coefficient (Wildman–Crippen LogP) is 2.71. The van der Waals surface area contributed by atoms with E-state index in [9.17, 15) is 14.7 Å². The number of hydrogen-bond donors (Lipinski definition) is 1. The summed E-state index contributed by atoms with van der Waals surface area (Å²) in [6.45, 7) is 3.27. The number of carbonyl (C=O) groups excluding carboxylic acids is 1. The fraction of sp³-hybridized carbons (Fsp3) is 0.471. The maximum absolute atomic E-state index is 12.4. The minimum atomic E-state index is -0.823. The van der Waals surface area contributed by atoms with Gasteiger partial charge in [0, 0.05) is 36.8 Å². The number of carboxylic acid groups (broad SMARTS) is 1. The van der Waals surface area contributed by atoms with E-state index in [4.69, 9.17) is 0 Å². The van der Waals surface area contributed by atoms with Gasteiger partial charge in [-0.2, -0.15) is 0 Å². The van der Waals surface area contributed by atoms with Crippen LogP contribution in [0.3, 0.4) is 0 Å². The first kappa shape index (κ1) is 16.7. The van der Waals surface area contributed by atoms with E-state index in [0.717, 1.165) is 23.7 Å². The first-order valence-corrected chi connectivity index (χ1v) is 8.99. The molecule has 0 aromatic carbocycles. The summed E-state index contributed by atoms with van der Waals surface area (Å²) in [5.41, 5.74) is 0. The van der Waals surface area contributed by atoms with Gasteiger partial charge in [0.25, 0.3) is 0 Å². The number of thiophene rings is 1. The summed E-state index contributed by atoms with van der Waals surface area (Å²) in [5.74, 6) is -0.362. The normalized spacial score (nSPS) is 21.2. The lowest BCUT2D eigenvalue weighted by molar-refractivity contribution is -0.152. The maximum Gasteiger partial charge on any atom is 0.308 e. The maximum atomic E-state index is 12.4. The van der Waals surface area contributed by atoms with Crippen molar-refractivity contribution in [3.63, 3.8) is 0 Å². The zero-order valence-corrected chi connectivity index (χ0v) is 14.4. The molecule has 1 fully saturated rings. The van der Waals surface area contributed by atoms with Gasteiger partial charge >= 0.3 is 5.97 Å². The number of carbonyl (C=O) groups is 2. The second-order valence-electron chi connectivity index (χ2n) is 6.05. The van der Waals surface area contributed by atoms with Gasteiger partial charge in [-0.25, -0.2) is 4.98 Å². The Morgan fingerprint density at radius 2 is 2.29 bits per heavy atom. The molecule has 0 bridgehead atoms. The largest absolute Gasteiger partial charge is 0.481 e. The monoisotopic (exact) mass is 347 g/mol. The van der Waals surface area contributed by atoms with Crippen molar-refractivity contribution in [2.24, 2.45) is 5.92 Å². The number of aliphatic carboxylic acids is 1. The van der Waals surface area contributed by atoms with E-state index >= 15 is 0 Å². The molecule has 6 nitrogen and oxygen atoms in total. The summed E-state index contributed by atoms with van der Waals surface area (Å²) in [6.07, 6.45) is 5.18. The van der Waals surface area contributed by atoms with Crippen LogP contribution in [0.5, 0.6) is 0 Å². The van der Waals surface area contributed by atoms with Gasteiger partial charge < -0.3 is 14.6 Å². The Morgan fingerprint density at radius 3 is 2.92 bits per heavy atom. The van der Waals surface area contributed by atoms with Gasteiger partial charge in [-0.15, -0.1) is 11.3 Å². The predicted molar refractivity (Wildman–Crippen MR) is 90.7 cm³/mol. The average Bonchev–Trinajstić information content (AvgIpc) is 3.20. The fourth-order valence-electron chi connectivity index (χ4n) is 3.34. The molecule has 1 saturated heterocycles. The zero-order chi connectivity index (χ0) is 17.1. The van der Waals surface area contributed by atoms with Gasteiger partial charge in [-0.05, 0) is 31.2 Å². The number of imidazole rings is 1. The van der Waals surface area contributed by atoms with Crippen LogP contribution in [-0.4, -0.2) is 38.0 Å². The fourth-order valence-corrected chi connectivity index (χ4v) is 4.24. The number of piperidine rings is 1. The molecule has 2 unspecified atom stereocenters. The Morgan fingerprint density at radius 1 is 1.46 bits per heavy atom. The molecule has 2 atom stereocenters. The highest BCUT2D eigenvalue weighted by atomic mass is 32.1. The summed E-state index contributed by atoms with van der Waals surface area (Å²) in [6, 6.07) is 3.48. The van der Waals surface area contributed by atoms with Crippen molar-refractivity contribution in [1.29, 1.82) is 0 Å². The summed E-state index contributed by atoms with van der Waals surface area (Å²) in [7, 11) is 0. The highest BCUT2D eigenvalue weighted by Crippen LogP contribution is 2.38. The molecule has 0 saturated carbocycles. The Hall–Kier alpha value is -2.15. The smallest absolute Gasteiger partial charge is 0.308 e. The average molecular weight is 347 g/mol. The molecule has 1 aliphatic heterocycles. The Bertz CT molecular complexity index is 710. The van der Waals surface area contributed by atoms with Crippen LogP contribution < -0.4 is 0 Å². The van der Waals surface area contributed by atoms with Crippen LogP contribution in [0.1, 0.15) is 36.0 Å². The van der Waals surface area contributed by atoms with Gasteiger partial charge in [-0.1, -0.05) is 6.07 Å². The van der Waals surface area contributed by atoms with Crippen LogP contribution in [0, 0.1) is 12.8 Å². The van der Waals surface area contributed by atoms with E-state index in [0.29, 0.717) is 19.4 Å². The van der Waals surface area contributed by atoms with Crippen molar-refractivity contribution in [3.05, 3.63) is 40.6 Å². The summed E-state index contributed by atoms with van der Waals surface area (Å²) in [5, 5.41) is 11.5. The summed E-state index contributed by atoms with van der Waals surface area (Å²) < 4.78 is 2.04. The number of aryl methyl sites for hydroxylation is 2. The van der Waals surface area contributed by atoms with Crippen molar-refractivity contribution in [3.8, 4) is 0 Å². The number of rotatable bonds is 6. The van der Waals surface area contributed by atoms with Gasteiger partial charge in [0.05, 0.1) is 12.0 Å². The zero-order valence-electron chi connectivity index (χ0n) is 13.6. The molecule has 0 aliphatic carbocycles. The van der Waals surface area contributed by atoms with E-state index in [2.05, 4.69) is 4.98 Å². The Labute approximate surface area is 144 Å². The van der Waals surface area contributed by atoms with Crippen LogP contribution in [-0.2, 0) is 16.1 Å². The molecular formula is C17H21N3O3S. The van der Waals surface area contributed by atoms with Crippen LogP contribution in [0.15, 0.2) is 29.9 Å². The SMILES string of the molecule is Cc1nccn1CCCN1C(=O)CCC(C(=O)O)C1c1cccs1. The van der Waals surface area contributed by atoms with Crippen LogP contribution in [0.2, 0.25) is 0 Å². The van der Waals surface area contributed by atoms with E-state index in [1.165, 1.54) is 11.3 Å². The minimum Gasteiger partial charge on any atom is -0.481 e. The van der Waals surface area contributed by atoms with E-state index in [-0.39, 0.29) is 11.9 Å². The minimum absolute atomic E-state index is 0.0493. The number of aromatic nitrogens is 2. The van der Waals surface area contributed by atoms with E-state index in [1.807, 2.05) is 35.2 Å². The molecule has 24 heavy (non-hydrogen) atoms. The molecule has 3 heterocycles. The number of carboxylic acids is 1. The number of amides is 1. The van der Waals surface area contributed by atoms with Crippen molar-refractivity contribution in [2.45, 2.75) is 38.8 Å². The molecule has 2 aromatic heterocycles. The van der Waals surface area contributed by atoms with Crippen LogP contribution in [0.4, 0.5) is 0 Å². The third-order valence-corrected chi connectivity index (χ3v) is 5.52. The Kier molecular flexibility index (Phi) is 4.99. The van der Waals surface area contributed by atoms with Crippen LogP contribution in [0.25, 0.3) is 0 Å². The van der Waals surface area contributed by atoms with Gasteiger partial charge in [0.15, 0.2) is 0 Å². The molecule has 2 aromatic rings. The van der Waals surface area contributed by atoms with Gasteiger partial charge in [0.2, 0.25) is 5.91 Å². The highest BCUT2D eigenvalue weighted by Gasteiger charge is 2.40. The second-order valence-corrected chi connectivity index (χ2v) is 7.03. The quantitative estimate of drug-likeness (QED) is 0.872. The van der Waals surface area contributed by atoms with Crippen molar-refractivity contribution < 1.29 is 14.7 Å². The number of nitrogens with zero attached hydrogens (tertiary/aromatic N) is 3. The number of likely N-dealkylation sites (tertiary alicyclic amines) is 1. The summed E-state index contributed by atoms with van der Waals surface area (Å²) >= 11 is 1.52. The third kappa shape index (κ3) is 3.36. The standard InChI is InChI=1S/C17H21N3O3S/c1-12-18-7-10-19(12)8-3-9-20-15(21)6-5-13(17(22)23)16(20)14-4-2-11-24-14/h2,4,7,10-11,13,16H,3,5-6,8-9H2,1H3,(H,22,23). The Balaban J connectivity index is 1.75. The van der Waals surface area contributed by atoms with Gasteiger partial charge in [0.1, 0.15) is 5.82 Å². The molecule has 0 radical (unpaired) electrons. The molecule has 1 N–H and O–H groups in total. The second kappa shape index (κ2) is 7.17. The molecule has 128 valence electrons. The third-order valence-electron chi connectivity index (χ3n) is 4.58. The molecule has 1 aliphatic rings. The number of hydrogen-bond acceptors (Lipinski definition) is 4. The molecule has 3 rings (SSSR count). The van der Waals surface area contributed by atoms with Crippen molar-refractivity contribution >= 4 is 23.2 Å². The first-order valence-electron chi connectivity index (χ1n) is 8.11. The first-order chi connectivity index (χ1) is 11.6. The molecule has 1 amide bonds. The molecular weight excluding hydrogens is 326 g/mol.